The summed E-state index contributed by atoms with van der Waals surface area (Å²) in [5.74, 6) is -0.742. The van der Waals surface area contributed by atoms with Gasteiger partial charge in [-0.2, -0.15) is 0 Å². The van der Waals surface area contributed by atoms with E-state index in [0.29, 0.717) is 9.53 Å². The molecule has 0 spiro atoms. The van der Waals surface area contributed by atoms with Crippen LogP contribution in [-0.2, 0) is 16.0 Å². The predicted octanol–water partition coefficient (Wildman–Crippen LogP) is 4.42. The van der Waals surface area contributed by atoms with E-state index < -0.39 is 18.1 Å². The second-order valence-corrected chi connectivity index (χ2v) is 7.83. The number of rotatable bonds is 6. The number of furan rings is 1. The molecule has 0 fully saturated rings. The van der Waals surface area contributed by atoms with Crippen molar-refractivity contribution in [3.05, 3.63) is 81.3 Å². The summed E-state index contributed by atoms with van der Waals surface area (Å²) in [4.78, 5) is 23.8. The number of hydrogen-bond acceptors (Lipinski definition) is 4. The maximum absolute atomic E-state index is 12.3. The Kier molecular flexibility index (Phi) is 5.57. The minimum absolute atomic E-state index is 0.0442. The number of amides is 1. The first-order valence-corrected chi connectivity index (χ1v) is 10.2. The smallest absolute Gasteiger partial charge is 0.407 e. The van der Waals surface area contributed by atoms with Gasteiger partial charge >= 0.3 is 12.1 Å². The molecule has 2 N–H and O–H groups in total. The number of ether oxygens (including phenoxy) is 1. The van der Waals surface area contributed by atoms with Gasteiger partial charge < -0.3 is 19.6 Å². The molecule has 7 heteroatoms. The highest BCUT2D eigenvalue weighted by Crippen LogP contribution is 2.44. The molecule has 1 heterocycles. The molecule has 1 aromatic heterocycles. The van der Waals surface area contributed by atoms with Gasteiger partial charge in [-0.05, 0) is 57.0 Å². The standard InChI is InChI=1S/C22H18INO5/c23-20-10-9-13(29-20)11-19(21(25)26)24-22(27)28-12-18-16-7-3-1-5-14(16)15-6-2-4-8-17(15)18/h1-10,18-19H,11-12H2,(H,24,27)(H,25,26). The Hall–Kier alpha value is -2.81. The normalized spacial score (nSPS) is 13.4. The van der Waals surface area contributed by atoms with Crippen LogP contribution in [0.4, 0.5) is 4.79 Å². The minimum Gasteiger partial charge on any atom is -0.480 e. The van der Waals surface area contributed by atoms with Crippen LogP contribution in [0.2, 0.25) is 0 Å². The van der Waals surface area contributed by atoms with Crippen molar-refractivity contribution in [3.63, 3.8) is 0 Å². The Morgan fingerprint density at radius 1 is 1.03 bits per heavy atom. The molecule has 0 radical (unpaired) electrons. The molecule has 29 heavy (non-hydrogen) atoms. The van der Waals surface area contributed by atoms with Crippen LogP contribution in [0.25, 0.3) is 11.1 Å². The number of carboxylic acid groups (broad SMARTS) is 1. The average Bonchev–Trinajstić information content (AvgIpc) is 3.27. The Labute approximate surface area is 181 Å². The molecule has 6 nitrogen and oxygen atoms in total. The molecule has 3 aromatic rings. The molecular weight excluding hydrogens is 485 g/mol. The first kappa shape index (κ1) is 19.5. The fraction of sp³-hybridized carbons (Fsp3) is 0.182. The lowest BCUT2D eigenvalue weighted by Crippen LogP contribution is -2.42. The molecule has 1 aliphatic carbocycles. The third-order valence-corrected chi connectivity index (χ3v) is 5.55. The highest BCUT2D eigenvalue weighted by Gasteiger charge is 2.30. The monoisotopic (exact) mass is 503 g/mol. The second kappa shape index (κ2) is 8.28. The summed E-state index contributed by atoms with van der Waals surface area (Å²) in [7, 11) is 0. The molecule has 1 atom stereocenters. The summed E-state index contributed by atoms with van der Waals surface area (Å²) in [5.41, 5.74) is 4.46. The number of hydrogen-bond donors (Lipinski definition) is 2. The van der Waals surface area contributed by atoms with Crippen LogP contribution < -0.4 is 5.32 Å². The van der Waals surface area contributed by atoms with Crippen LogP contribution >= 0.6 is 22.6 Å². The van der Waals surface area contributed by atoms with Crippen molar-refractivity contribution < 1.29 is 23.8 Å². The number of carbonyl (C=O) groups excluding carboxylic acids is 1. The van der Waals surface area contributed by atoms with Crippen molar-refractivity contribution in [1.82, 2.24) is 5.32 Å². The zero-order chi connectivity index (χ0) is 20.4. The third-order valence-electron chi connectivity index (χ3n) is 4.97. The molecule has 2 aromatic carbocycles. The van der Waals surface area contributed by atoms with Gasteiger partial charge in [-0.1, -0.05) is 48.5 Å². The number of aliphatic carboxylic acids is 1. The molecule has 0 bridgehead atoms. The van der Waals surface area contributed by atoms with E-state index in [0.717, 1.165) is 22.3 Å². The van der Waals surface area contributed by atoms with E-state index in [2.05, 4.69) is 17.4 Å². The van der Waals surface area contributed by atoms with Crippen LogP contribution in [0, 0.1) is 3.77 Å². The van der Waals surface area contributed by atoms with Crippen LogP contribution in [0.15, 0.2) is 65.1 Å². The van der Waals surface area contributed by atoms with E-state index in [-0.39, 0.29) is 18.9 Å². The van der Waals surface area contributed by atoms with Gasteiger partial charge in [0.1, 0.15) is 18.4 Å². The molecule has 148 valence electrons. The van der Waals surface area contributed by atoms with Gasteiger partial charge in [0.2, 0.25) is 0 Å². The Balaban J connectivity index is 1.43. The zero-order valence-corrected chi connectivity index (χ0v) is 17.5. The van der Waals surface area contributed by atoms with Crippen molar-refractivity contribution in [1.29, 1.82) is 0 Å². The van der Waals surface area contributed by atoms with Gasteiger partial charge in [-0.25, -0.2) is 9.59 Å². The SMILES string of the molecule is O=C(NC(Cc1ccc(I)o1)C(=O)O)OCC1c2ccccc2-c2ccccc21. The Morgan fingerprint density at radius 3 is 2.21 bits per heavy atom. The van der Waals surface area contributed by atoms with Crippen LogP contribution in [0.3, 0.4) is 0 Å². The molecule has 1 unspecified atom stereocenters. The first-order valence-electron chi connectivity index (χ1n) is 9.11. The third kappa shape index (κ3) is 4.14. The number of carbonyl (C=O) groups is 2. The van der Waals surface area contributed by atoms with Crippen LogP contribution in [0.5, 0.6) is 0 Å². The largest absolute Gasteiger partial charge is 0.480 e. The van der Waals surface area contributed by atoms with E-state index >= 15 is 0 Å². The number of fused-ring (bicyclic) bond motifs is 3. The van der Waals surface area contributed by atoms with Gasteiger partial charge in [0.05, 0.1) is 0 Å². The lowest BCUT2D eigenvalue weighted by Gasteiger charge is -2.17. The molecule has 0 saturated carbocycles. The molecule has 0 aliphatic heterocycles. The van der Waals surface area contributed by atoms with Crippen molar-refractivity contribution in [2.24, 2.45) is 0 Å². The van der Waals surface area contributed by atoms with E-state index in [1.807, 2.05) is 59.0 Å². The van der Waals surface area contributed by atoms with Gasteiger partial charge in [-0.15, -0.1) is 0 Å². The summed E-state index contributed by atoms with van der Waals surface area (Å²) in [6.45, 7) is 0.130. The maximum atomic E-state index is 12.3. The average molecular weight is 503 g/mol. The quantitative estimate of drug-likeness (QED) is 0.487. The van der Waals surface area contributed by atoms with Gasteiger partial charge in [0.15, 0.2) is 3.77 Å². The van der Waals surface area contributed by atoms with Crippen molar-refractivity contribution in [2.75, 3.05) is 6.61 Å². The molecule has 1 amide bonds. The number of benzene rings is 2. The molecule has 1 aliphatic rings. The predicted molar refractivity (Wildman–Crippen MR) is 115 cm³/mol. The number of alkyl carbamates (subject to hydrolysis) is 1. The summed E-state index contributed by atoms with van der Waals surface area (Å²) in [5, 5.41) is 11.8. The Morgan fingerprint density at radius 2 is 1.66 bits per heavy atom. The number of carboxylic acids is 1. The van der Waals surface area contributed by atoms with E-state index in [1.165, 1.54) is 0 Å². The number of halogens is 1. The summed E-state index contributed by atoms with van der Waals surface area (Å²) in [6, 6.07) is 18.4. The van der Waals surface area contributed by atoms with Gasteiger partial charge in [-0.3, -0.25) is 0 Å². The summed E-state index contributed by atoms with van der Waals surface area (Å²) in [6.07, 6.45) is -0.719. The van der Waals surface area contributed by atoms with Crippen LogP contribution in [-0.4, -0.2) is 29.8 Å². The minimum atomic E-state index is -1.15. The Bertz CT molecular complexity index is 1020. The van der Waals surface area contributed by atoms with Gasteiger partial charge in [0.25, 0.3) is 0 Å². The maximum Gasteiger partial charge on any atom is 0.407 e. The molecule has 0 saturated heterocycles. The highest BCUT2D eigenvalue weighted by molar-refractivity contribution is 14.1. The summed E-state index contributed by atoms with van der Waals surface area (Å²) >= 11 is 2.00. The van der Waals surface area contributed by atoms with E-state index in [9.17, 15) is 14.7 Å². The fourth-order valence-corrected chi connectivity index (χ4v) is 4.11. The second-order valence-electron chi connectivity index (χ2n) is 6.77. The van der Waals surface area contributed by atoms with Crippen molar-refractivity contribution in [3.8, 4) is 11.1 Å². The zero-order valence-electron chi connectivity index (χ0n) is 15.3. The van der Waals surface area contributed by atoms with Crippen molar-refractivity contribution >= 4 is 34.7 Å². The lowest BCUT2D eigenvalue weighted by atomic mass is 9.98. The molecular formula is C22H18INO5. The topological polar surface area (TPSA) is 88.8 Å². The van der Waals surface area contributed by atoms with Gasteiger partial charge in [0, 0.05) is 12.3 Å². The van der Waals surface area contributed by atoms with Crippen molar-refractivity contribution in [2.45, 2.75) is 18.4 Å². The fourth-order valence-electron chi connectivity index (χ4n) is 3.65. The summed E-state index contributed by atoms with van der Waals surface area (Å²) < 4.78 is 11.5. The first-order chi connectivity index (χ1) is 14.0. The highest BCUT2D eigenvalue weighted by atomic mass is 127. The molecule has 4 rings (SSSR count). The van der Waals surface area contributed by atoms with E-state index in [1.54, 1.807) is 12.1 Å². The lowest BCUT2D eigenvalue weighted by molar-refractivity contribution is -0.139. The number of nitrogens with one attached hydrogen (secondary N) is 1. The van der Waals surface area contributed by atoms with Crippen LogP contribution in [0.1, 0.15) is 22.8 Å². The van der Waals surface area contributed by atoms with E-state index in [4.69, 9.17) is 9.15 Å².